The smallest absolute Gasteiger partial charge is 0.407 e. The van der Waals surface area contributed by atoms with Gasteiger partial charge in [0, 0.05) is 13.1 Å². The number of benzene rings is 3. The van der Waals surface area contributed by atoms with Crippen LogP contribution in [0.25, 0.3) is 44.4 Å². The molecular formula is C52H62N8O7. The van der Waals surface area contributed by atoms with Crippen molar-refractivity contribution in [2.45, 2.75) is 116 Å². The van der Waals surface area contributed by atoms with Gasteiger partial charge in [-0.25, -0.2) is 19.6 Å². The van der Waals surface area contributed by atoms with Crippen LogP contribution < -0.4 is 16.2 Å². The highest BCUT2D eigenvalue weighted by Crippen LogP contribution is 2.53. The fraction of sp³-hybridized carbons (Fsp3) is 0.481. The molecule has 15 nitrogen and oxygen atoms in total. The first-order valence-electron chi connectivity index (χ1n) is 23.9. The number of methoxy groups -OCH3 is 2. The molecule has 4 N–H and O–H groups in total. The lowest BCUT2D eigenvalue weighted by Crippen LogP contribution is -2.51. The maximum absolute atomic E-state index is 13.9. The fourth-order valence-corrected chi connectivity index (χ4v) is 11.3. The van der Waals surface area contributed by atoms with Crippen molar-refractivity contribution in [2.24, 2.45) is 17.3 Å². The van der Waals surface area contributed by atoms with Crippen molar-refractivity contribution in [1.29, 1.82) is 0 Å². The van der Waals surface area contributed by atoms with Crippen molar-refractivity contribution >= 4 is 34.9 Å². The molecule has 5 aromatic rings. The number of likely N-dealkylation sites (tertiary alicyclic amines) is 2. The molecule has 0 radical (unpaired) electrons. The summed E-state index contributed by atoms with van der Waals surface area (Å²) in [6.45, 7) is 8.65. The first-order chi connectivity index (χ1) is 32.3. The molecule has 2 aromatic heterocycles. The number of carbonyl (C=O) groups is 4. The summed E-state index contributed by atoms with van der Waals surface area (Å²) in [6.07, 6.45) is 10.4. The Hall–Kier alpha value is -6.51. The second-order valence-electron chi connectivity index (χ2n) is 19.7. The zero-order chi connectivity index (χ0) is 47.1. The Morgan fingerprint density at radius 2 is 1.21 bits per heavy atom. The monoisotopic (exact) mass is 910 g/mol. The van der Waals surface area contributed by atoms with Crippen molar-refractivity contribution in [2.75, 3.05) is 27.3 Å². The molecule has 2 aliphatic heterocycles. The van der Waals surface area contributed by atoms with E-state index < -0.39 is 30.3 Å². The number of aromatic amines is 2. The summed E-state index contributed by atoms with van der Waals surface area (Å²) in [5.74, 6) is 0.525. The molecule has 15 heteroatoms. The highest BCUT2D eigenvalue weighted by Gasteiger charge is 2.42. The van der Waals surface area contributed by atoms with Crippen LogP contribution >= 0.6 is 0 Å². The molecule has 4 aliphatic rings. The van der Waals surface area contributed by atoms with Gasteiger partial charge >= 0.3 is 12.2 Å². The maximum atomic E-state index is 13.9. The number of rotatable bonds is 11. The summed E-state index contributed by atoms with van der Waals surface area (Å²) in [4.78, 5) is 85.4. The van der Waals surface area contributed by atoms with Gasteiger partial charge in [0.05, 0.1) is 49.1 Å². The number of nitrogens with zero attached hydrogens (tertiary/aromatic N) is 4. The van der Waals surface area contributed by atoms with Gasteiger partial charge in [0.25, 0.3) is 5.56 Å². The second-order valence-corrected chi connectivity index (χ2v) is 19.7. The predicted molar refractivity (Wildman–Crippen MR) is 255 cm³/mol. The number of fused-ring (bicyclic) bond motifs is 2. The number of alkyl carbamates (subject to hydrolysis) is 2. The van der Waals surface area contributed by atoms with Gasteiger partial charge in [0.1, 0.15) is 23.7 Å². The molecule has 1 spiro atoms. The van der Waals surface area contributed by atoms with E-state index in [1.165, 1.54) is 56.6 Å². The van der Waals surface area contributed by atoms with Gasteiger partial charge in [-0.2, -0.15) is 0 Å². The number of nitrogens with one attached hydrogen (secondary N) is 4. The zero-order valence-electron chi connectivity index (χ0n) is 39.4. The minimum Gasteiger partial charge on any atom is -0.453 e. The average Bonchev–Trinajstić information content (AvgIpc) is 4.20. The van der Waals surface area contributed by atoms with Crippen LogP contribution in [0.4, 0.5) is 9.59 Å². The van der Waals surface area contributed by atoms with Gasteiger partial charge in [-0.1, -0.05) is 83.0 Å². The number of hydrogen-bond donors (Lipinski definition) is 4. The lowest BCUT2D eigenvalue weighted by atomic mass is 9.82. The molecule has 4 heterocycles. The first-order valence-corrected chi connectivity index (χ1v) is 23.9. The average molecular weight is 911 g/mol. The van der Waals surface area contributed by atoms with Gasteiger partial charge in [-0.05, 0) is 120 Å². The van der Waals surface area contributed by atoms with Crippen LogP contribution in [0.5, 0.6) is 0 Å². The van der Waals surface area contributed by atoms with E-state index in [0.29, 0.717) is 36.2 Å². The number of carbonyl (C=O) groups excluding carboxylic acids is 4. The molecule has 67 heavy (non-hydrogen) atoms. The third-order valence-electron chi connectivity index (χ3n) is 14.8. The van der Waals surface area contributed by atoms with E-state index >= 15 is 0 Å². The topological polar surface area (TPSA) is 192 Å². The van der Waals surface area contributed by atoms with Crippen molar-refractivity contribution in [3.63, 3.8) is 0 Å². The molecule has 4 amide bonds. The minimum absolute atomic E-state index is 0.115. The molecule has 4 atom stereocenters. The number of aromatic nitrogens is 4. The van der Waals surface area contributed by atoms with E-state index in [4.69, 9.17) is 19.4 Å². The second kappa shape index (κ2) is 18.6. The molecule has 352 valence electrons. The van der Waals surface area contributed by atoms with Crippen molar-refractivity contribution in [1.82, 2.24) is 40.4 Å². The van der Waals surface area contributed by atoms with E-state index in [1.54, 1.807) is 4.90 Å². The van der Waals surface area contributed by atoms with E-state index in [2.05, 4.69) is 63.1 Å². The van der Waals surface area contributed by atoms with E-state index in [1.807, 2.05) is 50.9 Å². The van der Waals surface area contributed by atoms with E-state index in [9.17, 15) is 24.0 Å². The summed E-state index contributed by atoms with van der Waals surface area (Å²) in [5, 5.41) is 5.90. The maximum Gasteiger partial charge on any atom is 0.407 e. The minimum atomic E-state index is -0.771. The Labute approximate surface area is 390 Å². The van der Waals surface area contributed by atoms with Gasteiger partial charge in [-0.15, -0.1) is 0 Å². The van der Waals surface area contributed by atoms with Crippen LogP contribution in [0.15, 0.2) is 65.6 Å². The number of H-pyrrole nitrogens is 2. The number of hydrogen-bond acceptors (Lipinski definition) is 9. The SMILES string of the molecule is COC(=O)NC(C(=O)N1CCC[C@@H]1c1ncc(-c2ccc(-c3ccc(-c4ccc5nc([C@@H]6CCCN6C(=O)[C@@H](NC(=O)OC)C(C)C)[nH]c(=O)c5c4)c4c3CC3(CCCC3)C4)cc2)[nH]1)C(C)C. The third kappa shape index (κ3) is 8.80. The Morgan fingerprint density at radius 1 is 0.687 bits per heavy atom. The predicted octanol–water partition coefficient (Wildman–Crippen LogP) is 8.39. The molecular weight excluding hydrogens is 849 g/mol. The summed E-state index contributed by atoms with van der Waals surface area (Å²) < 4.78 is 9.59. The van der Waals surface area contributed by atoms with Gasteiger partial charge in [0.2, 0.25) is 11.8 Å². The standard InChI is InChI=1S/C52H62N8O7/c1-29(2)43(56-50(64)66-5)48(62)59-23-9-11-41(59)45-53-28-40(55-45)32-15-13-31(14-16-32)34-18-19-35(38-27-52(26-37(34)38)21-7-8-22-52)33-17-20-39-36(25-33)47(61)58-46(54-39)42-12-10-24-60(42)49(63)44(30(3)4)57-51(65)67-6/h13-20,25,28-30,41-44H,7-12,21-24,26-27H2,1-6H3,(H,53,55)(H,56,64)(H,57,65)(H,54,58,61)/t41-,42+,43?,44+/m1/s1. The molecule has 2 saturated heterocycles. The van der Waals surface area contributed by atoms with Crippen LogP contribution in [0.1, 0.15) is 114 Å². The molecule has 9 rings (SSSR count). The normalized spacial score (nSPS) is 19.6. The number of amides is 4. The highest BCUT2D eigenvalue weighted by atomic mass is 16.5. The Morgan fingerprint density at radius 3 is 1.76 bits per heavy atom. The zero-order valence-corrected chi connectivity index (χ0v) is 39.4. The largest absolute Gasteiger partial charge is 0.453 e. The van der Waals surface area contributed by atoms with Gasteiger partial charge < -0.3 is 39.9 Å². The summed E-state index contributed by atoms with van der Waals surface area (Å²) in [5.41, 5.74) is 9.61. The summed E-state index contributed by atoms with van der Waals surface area (Å²) in [7, 11) is 2.57. The quantitative estimate of drug-likeness (QED) is 0.101. The molecule has 1 unspecified atom stereocenters. The number of ether oxygens (including phenoxy) is 2. The van der Waals surface area contributed by atoms with Gasteiger partial charge in [-0.3, -0.25) is 14.4 Å². The summed E-state index contributed by atoms with van der Waals surface area (Å²) >= 11 is 0. The van der Waals surface area contributed by atoms with E-state index in [-0.39, 0.29) is 40.7 Å². The Bertz CT molecular complexity index is 2750. The van der Waals surface area contributed by atoms with Crippen molar-refractivity contribution in [3.05, 3.63) is 93.9 Å². The van der Waals surface area contributed by atoms with Crippen LogP contribution in [0.3, 0.4) is 0 Å². The molecule has 3 fully saturated rings. The highest BCUT2D eigenvalue weighted by molar-refractivity contribution is 5.89. The Kier molecular flexibility index (Phi) is 12.7. The third-order valence-corrected chi connectivity index (χ3v) is 14.8. The van der Waals surface area contributed by atoms with Crippen molar-refractivity contribution < 1.29 is 28.7 Å². The van der Waals surface area contributed by atoms with Crippen molar-refractivity contribution in [3.8, 4) is 33.5 Å². The molecule has 0 bridgehead atoms. The lowest BCUT2D eigenvalue weighted by Gasteiger charge is -2.30. The molecule has 1 saturated carbocycles. The van der Waals surface area contributed by atoms with Gasteiger partial charge in [0.15, 0.2) is 0 Å². The van der Waals surface area contributed by atoms with Crippen LogP contribution in [-0.4, -0.2) is 93.1 Å². The van der Waals surface area contributed by atoms with Crippen LogP contribution in [0.2, 0.25) is 0 Å². The number of imidazole rings is 1. The van der Waals surface area contributed by atoms with E-state index in [0.717, 1.165) is 65.9 Å². The molecule has 3 aromatic carbocycles. The summed E-state index contributed by atoms with van der Waals surface area (Å²) in [6, 6.07) is 16.9. The molecule has 2 aliphatic carbocycles. The lowest BCUT2D eigenvalue weighted by molar-refractivity contribution is -0.136. The van der Waals surface area contributed by atoms with Crippen LogP contribution in [0, 0.1) is 17.3 Å². The first kappa shape index (κ1) is 45.6. The Balaban J connectivity index is 0.972. The fourth-order valence-electron chi connectivity index (χ4n) is 11.3. The van der Waals surface area contributed by atoms with Crippen LogP contribution in [-0.2, 0) is 31.9 Å².